The highest BCUT2D eigenvalue weighted by Gasteiger charge is 2.37. The SMILES string of the molecule is COc1cccc(OC)c1C1SCC(=O)N1Cc1c(F)cccc1F. The maximum atomic E-state index is 14.0. The van der Waals surface area contributed by atoms with E-state index in [0.717, 1.165) is 0 Å². The van der Waals surface area contributed by atoms with Crippen LogP contribution in [0.2, 0.25) is 0 Å². The molecule has 1 heterocycles. The van der Waals surface area contributed by atoms with Crippen molar-refractivity contribution in [1.29, 1.82) is 0 Å². The summed E-state index contributed by atoms with van der Waals surface area (Å²) >= 11 is 1.37. The fourth-order valence-corrected chi connectivity index (χ4v) is 4.08. The second kappa shape index (κ2) is 7.31. The van der Waals surface area contributed by atoms with E-state index in [0.29, 0.717) is 17.1 Å². The molecule has 0 spiro atoms. The second-order valence-corrected chi connectivity index (χ2v) is 6.53. The van der Waals surface area contributed by atoms with E-state index in [9.17, 15) is 13.6 Å². The Morgan fingerprint density at radius 2 is 1.64 bits per heavy atom. The maximum absolute atomic E-state index is 14.0. The number of methoxy groups -OCH3 is 2. The topological polar surface area (TPSA) is 38.8 Å². The number of ether oxygens (including phenoxy) is 2. The number of hydrogen-bond acceptors (Lipinski definition) is 4. The molecule has 1 saturated heterocycles. The van der Waals surface area contributed by atoms with E-state index < -0.39 is 17.0 Å². The molecular formula is C18H17F2NO3S. The Morgan fingerprint density at radius 1 is 1.08 bits per heavy atom. The molecule has 4 nitrogen and oxygen atoms in total. The van der Waals surface area contributed by atoms with Crippen LogP contribution in [0, 0.1) is 11.6 Å². The molecule has 0 N–H and O–H groups in total. The molecule has 1 unspecified atom stereocenters. The van der Waals surface area contributed by atoms with E-state index in [1.807, 2.05) is 0 Å². The van der Waals surface area contributed by atoms with Gasteiger partial charge in [-0.1, -0.05) is 12.1 Å². The summed E-state index contributed by atoms with van der Waals surface area (Å²) < 4.78 is 38.8. The molecule has 1 amide bonds. The standard InChI is InChI=1S/C18H17F2NO3S/c1-23-14-7-4-8-15(24-2)17(14)18-21(16(22)10-25-18)9-11-12(19)5-3-6-13(11)20/h3-8,18H,9-10H2,1-2H3. The molecular weight excluding hydrogens is 348 g/mol. The summed E-state index contributed by atoms with van der Waals surface area (Å²) in [6.07, 6.45) is 0. The number of halogens is 2. The minimum absolute atomic E-state index is 0.128. The van der Waals surface area contributed by atoms with Crippen molar-refractivity contribution >= 4 is 17.7 Å². The molecule has 1 aliphatic rings. The first-order chi connectivity index (χ1) is 12.1. The summed E-state index contributed by atoms with van der Waals surface area (Å²) in [5.74, 6) is -0.185. The first-order valence-corrected chi connectivity index (χ1v) is 8.66. The van der Waals surface area contributed by atoms with Gasteiger partial charge >= 0.3 is 0 Å². The average Bonchev–Trinajstić information content (AvgIpc) is 2.97. The van der Waals surface area contributed by atoms with E-state index in [1.165, 1.54) is 49.1 Å². The number of carbonyl (C=O) groups is 1. The van der Waals surface area contributed by atoms with Gasteiger partial charge in [-0.3, -0.25) is 4.79 Å². The van der Waals surface area contributed by atoms with E-state index in [1.54, 1.807) is 18.2 Å². The molecule has 3 rings (SSSR count). The van der Waals surface area contributed by atoms with Crippen molar-refractivity contribution in [2.75, 3.05) is 20.0 Å². The quantitative estimate of drug-likeness (QED) is 0.809. The van der Waals surface area contributed by atoms with E-state index in [2.05, 4.69) is 0 Å². The molecule has 1 atom stereocenters. The molecule has 0 aromatic heterocycles. The first-order valence-electron chi connectivity index (χ1n) is 7.61. The second-order valence-electron chi connectivity index (χ2n) is 5.46. The van der Waals surface area contributed by atoms with Crippen LogP contribution in [0.1, 0.15) is 16.5 Å². The highest BCUT2D eigenvalue weighted by molar-refractivity contribution is 8.00. The van der Waals surface area contributed by atoms with Crippen LogP contribution in [0.3, 0.4) is 0 Å². The largest absolute Gasteiger partial charge is 0.496 e. The molecule has 7 heteroatoms. The molecule has 0 bridgehead atoms. The molecule has 25 heavy (non-hydrogen) atoms. The number of amides is 1. The Bertz CT molecular complexity index is 757. The number of thioether (sulfide) groups is 1. The summed E-state index contributed by atoms with van der Waals surface area (Å²) in [4.78, 5) is 13.8. The van der Waals surface area contributed by atoms with Crippen LogP contribution < -0.4 is 9.47 Å². The molecule has 0 radical (unpaired) electrons. The van der Waals surface area contributed by atoms with Crippen molar-refractivity contribution in [2.24, 2.45) is 0 Å². The lowest BCUT2D eigenvalue weighted by Gasteiger charge is -2.27. The van der Waals surface area contributed by atoms with Crippen LogP contribution in [0.5, 0.6) is 11.5 Å². The van der Waals surface area contributed by atoms with Crippen LogP contribution >= 0.6 is 11.8 Å². The summed E-state index contributed by atoms with van der Waals surface area (Å²) in [7, 11) is 3.06. The number of rotatable bonds is 5. The minimum Gasteiger partial charge on any atom is -0.496 e. The Hall–Kier alpha value is -2.28. The third kappa shape index (κ3) is 3.28. The number of carbonyl (C=O) groups excluding carboxylic acids is 1. The zero-order valence-corrected chi connectivity index (χ0v) is 14.6. The van der Waals surface area contributed by atoms with Gasteiger partial charge in [-0.2, -0.15) is 0 Å². The van der Waals surface area contributed by atoms with Crippen LogP contribution in [0.4, 0.5) is 8.78 Å². The Kier molecular flexibility index (Phi) is 5.13. The van der Waals surface area contributed by atoms with Gasteiger partial charge in [0.15, 0.2) is 0 Å². The van der Waals surface area contributed by atoms with Crippen molar-refractivity contribution in [1.82, 2.24) is 4.90 Å². The van der Waals surface area contributed by atoms with Gasteiger partial charge in [-0.25, -0.2) is 8.78 Å². The Balaban J connectivity index is 2.01. The van der Waals surface area contributed by atoms with Crippen LogP contribution in [0.25, 0.3) is 0 Å². The molecule has 1 fully saturated rings. The minimum atomic E-state index is -0.671. The van der Waals surface area contributed by atoms with E-state index in [-0.39, 0.29) is 23.8 Å². The van der Waals surface area contributed by atoms with Crippen LogP contribution in [-0.2, 0) is 11.3 Å². The van der Waals surface area contributed by atoms with Crippen LogP contribution in [0.15, 0.2) is 36.4 Å². The van der Waals surface area contributed by atoms with Crippen molar-refractivity contribution in [3.63, 3.8) is 0 Å². The third-order valence-electron chi connectivity index (χ3n) is 4.07. The van der Waals surface area contributed by atoms with Crippen LogP contribution in [-0.4, -0.2) is 30.8 Å². The number of nitrogens with zero attached hydrogens (tertiary/aromatic N) is 1. The van der Waals surface area contributed by atoms with Gasteiger partial charge in [-0.05, 0) is 24.3 Å². The van der Waals surface area contributed by atoms with Gasteiger partial charge in [0.1, 0.15) is 28.5 Å². The average molecular weight is 365 g/mol. The van der Waals surface area contributed by atoms with Crippen molar-refractivity contribution < 1.29 is 23.0 Å². The predicted molar refractivity (Wildman–Crippen MR) is 91.7 cm³/mol. The normalized spacial score (nSPS) is 17.0. The third-order valence-corrected chi connectivity index (χ3v) is 5.29. The molecule has 1 aliphatic heterocycles. The lowest BCUT2D eigenvalue weighted by molar-refractivity contribution is -0.128. The first kappa shape index (κ1) is 17.5. The Labute approximate surface area is 148 Å². The fourth-order valence-electron chi connectivity index (χ4n) is 2.84. The molecule has 0 aliphatic carbocycles. The van der Waals surface area contributed by atoms with Gasteiger partial charge in [0.2, 0.25) is 5.91 Å². The smallest absolute Gasteiger partial charge is 0.234 e. The van der Waals surface area contributed by atoms with E-state index in [4.69, 9.17) is 9.47 Å². The monoisotopic (exact) mass is 365 g/mol. The fraction of sp³-hybridized carbons (Fsp3) is 0.278. The number of benzene rings is 2. The van der Waals surface area contributed by atoms with Gasteiger partial charge in [0, 0.05) is 5.56 Å². The van der Waals surface area contributed by atoms with Gasteiger partial charge in [-0.15, -0.1) is 11.8 Å². The molecule has 2 aromatic rings. The summed E-state index contributed by atoms with van der Waals surface area (Å²) in [5, 5.41) is -0.447. The van der Waals surface area contributed by atoms with Gasteiger partial charge in [0.05, 0.1) is 32.1 Å². The highest BCUT2D eigenvalue weighted by Crippen LogP contribution is 2.47. The maximum Gasteiger partial charge on any atom is 0.234 e. The van der Waals surface area contributed by atoms with Crippen molar-refractivity contribution in [3.8, 4) is 11.5 Å². The van der Waals surface area contributed by atoms with E-state index >= 15 is 0 Å². The zero-order valence-electron chi connectivity index (χ0n) is 13.8. The Morgan fingerprint density at radius 3 is 2.20 bits per heavy atom. The van der Waals surface area contributed by atoms with Crippen molar-refractivity contribution in [2.45, 2.75) is 11.9 Å². The highest BCUT2D eigenvalue weighted by atomic mass is 32.2. The summed E-state index contributed by atoms with van der Waals surface area (Å²) in [5.41, 5.74) is 0.553. The van der Waals surface area contributed by atoms with Gasteiger partial charge in [0.25, 0.3) is 0 Å². The van der Waals surface area contributed by atoms with Crippen molar-refractivity contribution in [3.05, 3.63) is 59.2 Å². The lowest BCUT2D eigenvalue weighted by Crippen LogP contribution is -2.29. The molecule has 0 saturated carbocycles. The summed E-state index contributed by atoms with van der Waals surface area (Å²) in [6.45, 7) is -0.157. The molecule has 2 aromatic carbocycles. The lowest BCUT2D eigenvalue weighted by atomic mass is 10.1. The molecule has 132 valence electrons. The zero-order chi connectivity index (χ0) is 18.0. The predicted octanol–water partition coefficient (Wildman–Crippen LogP) is 3.76. The summed E-state index contributed by atoms with van der Waals surface area (Å²) in [6, 6.07) is 8.99. The van der Waals surface area contributed by atoms with Gasteiger partial charge < -0.3 is 14.4 Å². The number of hydrogen-bond donors (Lipinski definition) is 0.